The van der Waals surface area contributed by atoms with Gasteiger partial charge < -0.3 is 15.3 Å². The van der Waals surface area contributed by atoms with E-state index in [4.69, 9.17) is 15.3 Å². The maximum absolute atomic E-state index is 5.92. The second-order valence-electron chi connectivity index (χ2n) is 5.50. The van der Waals surface area contributed by atoms with Crippen LogP contribution in [0.2, 0.25) is 0 Å². The quantitative estimate of drug-likeness (QED) is 0.310. The largest absolute Gasteiger partial charge is 0.497 e. The molecule has 4 N–H and O–H groups in total. The molecular weight excluding hydrogens is 360 g/mol. The van der Waals surface area contributed by atoms with Crippen molar-refractivity contribution in [1.82, 2.24) is 14.9 Å². The Morgan fingerprint density at radius 1 is 0.786 bits per heavy atom. The van der Waals surface area contributed by atoms with Crippen molar-refractivity contribution in [2.45, 2.75) is 0 Å². The Morgan fingerprint density at radius 2 is 1.18 bits per heavy atom. The Balaban J connectivity index is 1.56. The molecule has 0 bridgehead atoms. The van der Waals surface area contributed by atoms with Crippen LogP contribution in [0.5, 0.6) is 11.5 Å². The smallest absolute Gasteiger partial charge is 0.265 e. The van der Waals surface area contributed by atoms with E-state index in [-0.39, 0.29) is 11.9 Å². The molecule has 2 aromatic carbocycles. The van der Waals surface area contributed by atoms with Crippen molar-refractivity contribution >= 4 is 24.3 Å². The van der Waals surface area contributed by atoms with Gasteiger partial charge >= 0.3 is 0 Å². The van der Waals surface area contributed by atoms with Gasteiger partial charge in [0.05, 0.1) is 26.6 Å². The van der Waals surface area contributed by atoms with Crippen molar-refractivity contribution < 1.29 is 9.47 Å². The minimum Gasteiger partial charge on any atom is -0.497 e. The molecule has 0 spiro atoms. The number of nitrogens with one attached hydrogen (secondary N) is 2. The maximum Gasteiger partial charge on any atom is 0.265 e. The molecule has 0 unspecified atom stereocenters. The van der Waals surface area contributed by atoms with Crippen molar-refractivity contribution in [3.05, 3.63) is 59.7 Å². The first-order valence-electron chi connectivity index (χ1n) is 8.26. The lowest BCUT2D eigenvalue weighted by atomic mass is 10.2. The average molecular weight is 380 g/mol. The van der Waals surface area contributed by atoms with E-state index in [1.54, 1.807) is 26.6 Å². The molecule has 0 atom stereocenters. The van der Waals surface area contributed by atoms with Gasteiger partial charge in [0, 0.05) is 0 Å². The average Bonchev–Trinajstić information content (AvgIpc) is 3.09. The van der Waals surface area contributed by atoms with Crippen molar-refractivity contribution in [1.29, 1.82) is 0 Å². The van der Waals surface area contributed by atoms with E-state index in [0.717, 1.165) is 22.6 Å². The molecule has 3 rings (SSSR count). The number of hydrogen-bond donors (Lipinski definition) is 3. The minimum atomic E-state index is 0.256. The van der Waals surface area contributed by atoms with E-state index in [0.29, 0.717) is 0 Å². The molecule has 0 aliphatic carbocycles. The summed E-state index contributed by atoms with van der Waals surface area (Å²) in [6, 6.07) is 14.9. The van der Waals surface area contributed by atoms with Crippen LogP contribution in [0.1, 0.15) is 11.1 Å². The Morgan fingerprint density at radius 3 is 1.54 bits per heavy atom. The lowest BCUT2D eigenvalue weighted by Crippen LogP contribution is -2.14. The first-order chi connectivity index (χ1) is 13.7. The van der Waals surface area contributed by atoms with Crippen LogP contribution in [0.15, 0.2) is 58.7 Å². The first kappa shape index (κ1) is 18.7. The monoisotopic (exact) mass is 380 g/mol. The molecule has 10 heteroatoms. The molecule has 0 radical (unpaired) electrons. The number of nitrogens with zero attached hydrogens (tertiary/aromatic N) is 5. The van der Waals surface area contributed by atoms with Crippen molar-refractivity contribution in [2.75, 3.05) is 30.9 Å². The summed E-state index contributed by atoms with van der Waals surface area (Å²) in [5, 5.41) is 16.0. The number of benzene rings is 2. The molecular formula is C18H20N8O2. The molecule has 28 heavy (non-hydrogen) atoms. The zero-order chi connectivity index (χ0) is 19.8. The predicted molar refractivity (Wildman–Crippen MR) is 109 cm³/mol. The number of nitrogens with two attached hydrogens (primary N) is 1. The highest BCUT2D eigenvalue weighted by molar-refractivity contribution is 5.80. The fraction of sp³-hybridized carbons (Fsp3) is 0.111. The molecule has 0 aliphatic rings. The number of hydrogen-bond acceptors (Lipinski definition) is 9. The summed E-state index contributed by atoms with van der Waals surface area (Å²) in [6.45, 7) is 0. The van der Waals surface area contributed by atoms with Crippen molar-refractivity contribution in [2.24, 2.45) is 10.2 Å². The van der Waals surface area contributed by atoms with Crippen LogP contribution in [-0.4, -0.2) is 41.5 Å². The Bertz CT molecular complexity index is 872. The van der Waals surface area contributed by atoms with E-state index < -0.39 is 0 Å². The number of aromatic nitrogens is 3. The standard InChI is InChI=1S/C18H20N8O2/c1-27-15-7-3-13(4-8-15)11-20-22-17-24-25-18(26(17)19)23-21-12-14-5-9-16(28-2)10-6-14/h3-12H,19H2,1-2H3,(H,22,24)(H,23,25)/b20-11+,21-12+. The highest BCUT2D eigenvalue weighted by atomic mass is 16.5. The van der Waals surface area contributed by atoms with Gasteiger partial charge in [-0.05, 0) is 59.7 Å². The summed E-state index contributed by atoms with van der Waals surface area (Å²) in [5.41, 5.74) is 7.23. The van der Waals surface area contributed by atoms with Gasteiger partial charge in [0.15, 0.2) is 0 Å². The highest BCUT2D eigenvalue weighted by Crippen LogP contribution is 2.11. The van der Waals surface area contributed by atoms with Crippen LogP contribution < -0.4 is 26.2 Å². The zero-order valence-electron chi connectivity index (χ0n) is 15.4. The van der Waals surface area contributed by atoms with E-state index >= 15 is 0 Å². The van der Waals surface area contributed by atoms with Gasteiger partial charge in [-0.15, -0.1) is 10.2 Å². The summed E-state index contributed by atoms with van der Waals surface area (Å²) in [7, 11) is 3.23. The fourth-order valence-electron chi connectivity index (χ4n) is 2.15. The van der Waals surface area contributed by atoms with Crippen LogP contribution in [0.25, 0.3) is 0 Å². The summed E-state index contributed by atoms with van der Waals surface area (Å²) in [5.74, 6) is 7.99. The summed E-state index contributed by atoms with van der Waals surface area (Å²) >= 11 is 0. The molecule has 0 amide bonds. The van der Waals surface area contributed by atoms with E-state index in [2.05, 4.69) is 31.3 Å². The van der Waals surface area contributed by atoms with Crippen molar-refractivity contribution in [3.63, 3.8) is 0 Å². The number of rotatable bonds is 8. The van der Waals surface area contributed by atoms with Crippen LogP contribution >= 0.6 is 0 Å². The van der Waals surface area contributed by atoms with Crippen molar-refractivity contribution in [3.8, 4) is 11.5 Å². The van der Waals surface area contributed by atoms with Gasteiger partial charge in [-0.2, -0.15) is 14.9 Å². The predicted octanol–water partition coefficient (Wildman–Crippen LogP) is 1.90. The number of hydrazone groups is 2. The molecule has 144 valence electrons. The lowest BCUT2D eigenvalue weighted by molar-refractivity contribution is 0.414. The summed E-state index contributed by atoms with van der Waals surface area (Å²) < 4.78 is 11.4. The van der Waals surface area contributed by atoms with Gasteiger partial charge in [0.25, 0.3) is 11.9 Å². The third-order valence-electron chi connectivity index (χ3n) is 3.68. The fourth-order valence-corrected chi connectivity index (χ4v) is 2.15. The topological polar surface area (TPSA) is 124 Å². The van der Waals surface area contributed by atoms with Gasteiger partial charge in [0.1, 0.15) is 11.5 Å². The molecule has 0 saturated carbocycles. The summed E-state index contributed by atoms with van der Waals surface area (Å²) in [6.07, 6.45) is 3.26. The van der Waals surface area contributed by atoms with Crippen LogP contribution in [0.4, 0.5) is 11.9 Å². The molecule has 1 aromatic heterocycles. The third kappa shape index (κ3) is 4.75. The summed E-state index contributed by atoms with van der Waals surface area (Å²) in [4.78, 5) is 0. The molecule has 1 heterocycles. The van der Waals surface area contributed by atoms with Gasteiger partial charge in [0.2, 0.25) is 0 Å². The highest BCUT2D eigenvalue weighted by Gasteiger charge is 2.07. The number of anilines is 2. The molecule has 0 aliphatic heterocycles. The normalized spacial score (nSPS) is 11.1. The molecule has 10 nitrogen and oxygen atoms in total. The molecule has 3 aromatic rings. The van der Waals surface area contributed by atoms with Gasteiger partial charge in [-0.25, -0.2) is 10.9 Å². The lowest BCUT2D eigenvalue weighted by Gasteiger charge is -2.02. The maximum atomic E-state index is 5.92. The van der Waals surface area contributed by atoms with E-state index in [1.165, 1.54) is 4.68 Å². The number of nitrogen functional groups attached to an aromatic ring is 1. The third-order valence-corrected chi connectivity index (χ3v) is 3.68. The van der Waals surface area contributed by atoms with Gasteiger partial charge in [-0.3, -0.25) is 0 Å². The Kier molecular flexibility index (Phi) is 6.03. The minimum absolute atomic E-state index is 0.256. The van der Waals surface area contributed by atoms with E-state index in [1.807, 2.05) is 48.5 Å². The van der Waals surface area contributed by atoms with E-state index in [9.17, 15) is 0 Å². The SMILES string of the molecule is COc1ccc(/C=N/Nc2nnc(N/N=C/c3ccc(OC)cc3)n2N)cc1. The zero-order valence-corrected chi connectivity index (χ0v) is 15.4. The van der Waals surface area contributed by atoms with Gasteiger partial charge in [-0.1, -0.05) is 0 Å². The Hall–Kier alpha value is -4.08. The first-order valence-corrected chi connectivity index (χ1v) is 8.26. The van der Waals surface area contributed by atoms with Crippen LogP contribution in [0.3, 0.4) is 0 Å². The second-order valence-corrected chi connectivity index (χ2v) is 5.50. The second kappa shape index (κ2) is 9.03. The number of ether oxygens (including phenoxy) is 2. The molecule has 0 saturated heterocycles. The molecule has 0 fully saturated rings. The number of methoxy groups -OCH3 is 2. The van der Waals surface area contributed by atoms with Crippen LogP contribution in [-0.2, 0) is 0 Å². The van der Waals surface area contributed by atoms with Crippen LogP contribution in [0, 0.1) is 0 Å². The Labute approximate surface area is 161 Å².